The van der Waals surface area contributed by atoms with Crippen molar-refractivity contribution in [2.24, 2.45) is 11.0 Å². The van der Waals surface area contributed by atoms with Crippen molar-refractivity contribution in [3.63, 3.8) is 0 Å². The van der Waals surface area contributed by atoms with E-state index in [0.717, 1.165) is 29.5 Å². The van der Waals surface area contributed by atoms with Crippen LogP contribution in [-0.4, -0.2) is 47.1 Å². The first-order valence-electron chi connectivity index (χ1n) is 12.7. The maximum atomic E-state index is 13.6. The number of rotatable bonds is 7. The van der Waals surface area contributed by atoms with E-state index in [-0.39, 0.29) is 23.6 Å². The average Bonchev–Trinajstić information content (AvgIpc) is 3.37. The number of methoxy groups -OCH3 is 2. The number of ether oxygens (including phenoxy) is 2. The number of ketones is 1. The van der Waals surface area contributed by atoms with Gasteiger partial charge < -0.3 is 20.9 Å². The van der Waals surface area contributed by atoms with Gasteiger partial charge in [-0.25, -0.2) is 9.99 Å². The Morgan fingerprint density at radius 1 is 1.18 bits per heavy atom. The highest BCUT2D eigenvalue weighted by atomic mass is 16.5. The maximum absolute atomic E-state index is 13.6. The van der Waals surface area contributed by atoms with Crippen LogP contribution in [0.1, 0.15) is 53.1 Å². The van der Waals surface area contributed by atoms with E-state index in [4.69, 9.17) is 20.9 Å². The molecule has 0 spiro atoms. The molecule has 200 valence electrons. The molecule has 2 atom stereocenters. The van der Waals surface area contributed by atoms with Crippen molar-refractivity contribution < 1.29 is 19.1 Å². The molecule has 1 aliphatic heterocycles. The van der Waals surface area contributed by atoms with E-state index in [9.17, 15) is 9.59 Å². The van der Waals surface area contributed by atoms with Crippen LogP contribution in [0.3, 0.4) is 0 Å². The highest BCUT2D eigenvalue weighted by Crippen LogP contribution is 2.41. The molecule has 1 aromatic heterocycles. The second-order valence-electron chi connectivity index (χ2n) is 9.54. The van der Waals surface area contributed by atoms with Gasteiger partial charge >= 0.3 is 0 Å². The molecule has 4 N–H and O–H groups in total. The van der Waals surface area contributed by atoms with Gasteiger partial charge in [0.1, 0.15) is 11.6 Å². The van der Waals surface area contributed by atoms with Crippen molar-refractivity contribution in [3.8, 4) is 11.5 Å². The van der Waals surface area contributed by atoms with Crippen LogP contribution >= 0.6 is 0 Å². The fraction of sp³-hybridized carbons (Fsp3) is 0.276. The molecule has 1 aliphatic carbocycles. The first kappa shape index (κ1) is 25.9. The number of nitrogen functional groups attached to an aromatic ring is 2. The number of hydrogen-bond donors (Lipinski definition) is 2. The first-order chi connectivity index (χ1) is 18.9. The molecule has 10 heteroatoms. The third kappa shape index (κ3) is 5.18. The van der Waals surface area contributed by atoms with E-state index >= 15 is 0 Å². The number of amides is 1. The van der Waals surface area contributed by atoms with E-state index < -0.39 is 6.04 Å². The van der Waals surface area contributed by atoms with Crippen LogP contribution in [-0.2, 0) is 16.0 Å². The van der Waals surface area contributed by atoms with Crippen LogP contribution in [0.5, 0.6) is 11.5 Å². The zero-order chi connectivity index (χ0) is 27.5. The van der Waals surface area contributed by atoms with Crippen molar-refractivity contribution >= 4 is 35.7 Å². The highest BCUT2D eigenvalue weighted by molar-refractivity contribution is 5.96. The molecule has 1 saturated carbocycles. The second kappa shape index (κ2) is 10.9. The Hall–Kier alpha value is -4.73. The Kier molecular flexibility index (Phi) is 7.27. The Labute approximate surface area is 226 Å². The summed E-state index contributed by atoms with van der Waals surface area (Å²) in [5.74, 6) is 0.906. The topological polar surface area (TPSA) is 146 Å². The summed E-state index contributed by atoms with van der Waals surface area (Å²) in [4.78, 5) is 34.4. The summed E-state index contributed by atoms with van der Waals surface area (Å²) in [7, 11) is 3.08. The fourth-order valence-electron chi connectivity index (χ4n) is 5.29. The van der Waals surface area contributed by atoms with E-state index in [1.54, 1.807) is 25.6 Å². The summed E-state index contributed by atoms with van der Waals surface area (Å²) in [6.45, 7) is 0. The zero-order valence-corrected chi connectivity index (χ0v) is 21.8. The van der Waals surface area contributed by atoms with E-state index in [1.165, 1.54) is 18.2 Å². The lowest BCUT2D eigenvalue weighted by Gasteiger charge is -2.34. The van der Waals surface area contributed by atoms with Gasteiger partial charge in [0, 0.05) is 42.2 Å². The molecule has 5 rings (SSSR count). The molecule has 39 heavy (non-hydrogen) atoms. The smallest absolute Gasteiger partial charge is 0.267 e. The molecule has 0 saturated heterocycles. The molecular formula is C29H30N6O4. The van der Waals surface area contributed by atoms with Crippen molar-refractivity contribution in [2.75, 3.05) is 25.7 Å². The molecule has 2 unspecified atom stereocenters. The second-order valence-corrected chi connectivity index (χ2v) is 9.54. The number of carbonyl (C=O) groups excluding carboxylic acids is 2. The molecule has 2 heterocycles. The van der Waals surface area contributed by atoms with Crippen LogP contribution in [0, 0.1) is 5.92 Å². The summed E-state index contributed by atoms with van der Waals surface area (Å²) < 4.78 is 11.2. The van der Waals surface area contributed by atoms with Crippen LogP contribution in [0.25, 0.3) is 6.08 Å². The fourth-order valence-corrected chi connectivity index (χ4v) is 5.29. The molecular weight excluding hydrogens is 496 g/mol. The molecule has 3 aromatic rings. The molecule has 2 aliphatic rings. The lowest BCUT2D eigenvalue weighted by atomic mass is 9.87. The van der Waals surface area contributed by atoms with E-state index in [2.05, 4.69) is 15.1 Å². The van der Waals surface area contributed by atoms with Crippen LogP contribution < -0.4 is 20.9 Å². The lowest BCUT2D eigenvalue weighted by molar-refractivity contribution is -0.132. The number of nitrogens with zero attached hydrogens (tertiary/aromatic N) is 4. The summed E-state index contributed by atoms with van der Waals surface area (Å²) in [5, 5.41) is 5.89. The number of hydrazone groups is 1. The quantitative estimate of drug-likeness (QED) is 0.445. The number of Topliss-reactive ketones (excluding diaryl/α,β-unsaturated/α-hetero) is 1. The van der Waals surface area contributed by atoms with Gasteiger partial charge in [0.2, 0.25) is 5.95 Å². The monoisotopic (exact) mass is 526 g/mol. The minimum atomic E-state index is -0.449. The van der Waals surface area contributed by atoms with Gasteiger partial charge in [0.25, 0.3) is 5.91 Å². The maximum Gasteiger partial charge on any atom is 0.267 e. The van der Waals surface area contributed by atoms with Crippen LogP contribution in [0.4, 0.5) is 11.8 Å². The molecule has 1 fully saturated rings. The SMILES string of the molecule is COc1cc(Cc2cnc(N)nc2N)cc(/C=C/C(=O)N2N=Cc3ccccc3C2C2CCCC2=O)c1OC. The van der Waals surface area contributed by atoms with Gasteiger partial charge in [-0.1, -0.05) is 24.3 Å². The molecule has 0 bridgehead atoms. The van der Waals surface area contributed by atoms with Crippen molar-refractivity contribution in [2.45, 2.75) is 31.7 Å². The minimum Gasteiger partial charge on any atom is -0.493 e. The van der Waals surface area contributed by atoms with Crippen LogP contribution in [0.15, 0.2) is 53.8 Å². The number of anilines is 2. The van der Waals surface area contributed by atoms with Gasteiger partial charge in [-0.3, -0.25) is 9.59 Å². The number of carbonyl (C=O) groups is 2. The normalized spacial score (nSPS) is 18.4. The predicted molar refractivity (Wildman–Crippen MR) is 148 cm³/mol. The predicted octanol–water partition coefficient (Wildman–Crippen LogP) is 3.55. The number of fused-ring (bicyclic) bond motifs is 1. The molecule has 0 radical (unpaired) electrons. The number of aromatic nitrogens is 2. The van der Waals surface area contributed by atoms with Crippen molar-refractivity contribution in [3.05, 3.63) is 76.5 Å². The lowest BCUT2D eigenvalue weighted by Crippen LogP contribution is -2.38. The van der Waals surface area contributed by atoms with Crippen molar-refractivity contribution in [1.29, 1.82) is 0 Å². The summed E-state index contributed by atoms with van der Waals surface area (Å²) in [5.41, 5.74) is 15.7. The van der Waals surface area contributed by atoms with Gasteiger partial charge in [-0.15, -0.1) is 0 Å². The Bertz CT molecular complexity index is 1480. The van der Waals surface area contributed by atoms with Gasteiger partial charge in [0.05, 0.1) is 26.5 Å². The van der Waals surface area contributed by atoms with Gasteiger partial charge in [-0.2, -0.15) is 10.1 Å². The van der Waals surface area contributed by atoms with Gasteiger partial charge in [-0.05, 0) is 47.7 Å². The molecule has 2 aromatic carbocycles. The standard InChI is InChI=1S/C29H30N6O4/c1-38-24-14-17(13-20-15-32-29(31)34-28(20)30)12-18(27(24)39-2)10-11-25(37)35-26(22-8-5-9-23(22)36)21-7-4-3-6-19(21)16-33-35/h3-4,6-7,10-12,14-16,22,26H,5,8-9,13H2,1-2H3,(H4,30,31,32,34)/b11-10+. The summed E-state index contributed by atoms with van der Waals surface area (Å²) in [6.07, 6.45) is 8.85. The Balaban J connectivity index is 1.47. The first-order valence-corrected chi connectivity index (χ1v) is 12.7. The van der Waals surface area contributed by atoms with Crippen molar-refractivity contribution in [1.82, 2.24) is 15.0 Å². The Morgan fingerprint density at radius 3 is 2.72 bits per heavy atom. The largest absolute Gasteiger partial charge is 0.493 e. The molecule has 10 nitrogen and oxygen atoms in total. The van der Waals surface area contributed by atoms with Gasteiger partial charge in [0.15, 0.2) is 11.5 Å². The summed E-state index contributed by atoms with van der Waals surface area (Å²) >= 11 is 0. The van der Waals surface area contributed by atoms with E-state index in [0.29, 0.717) is 41.3 Å². The third-order valence-electron chi connectivity index (χ3n) is 7.14. The number of benzene rings is 2. The molecule has 1 amide bonds. The Morgan fingerprint density at radius 2 is 2.00 bits per heavy atom. The zero-order valence-electron chi connectivity index (χ0n) is 21.8. The number of hydrogen-bond acceptors (Lipinski definition) is 9. The van der Waals surface area contributed by atoms with E-state index in [1.807, 2.05) is 36.4 Å². The average molecular weight is 527 g/mol. The minimum absolute atomic E-state index is 0.103. The summed E-state index contributed by atoms with van der Waals surface area (Å²) in [6, 6.07) is 11.0. The number of nitrogens with two attached hydrogens (primary N) is 2. The third-order valence-corrected chi connectivity index (χ3v) is 7.14. The van der Waals surface area contributed by atoms with Crippen LogP contribution in [0.2, 0.25) is 0 Å². The highest BCUT2D eigenvalue weighted by Gasteiger charge is 2.40.